The summed E-state index contributed by atoms with van der Waals surface area (Å²) in [7, 11) is 0. The molecule has 0 rings (SSSR count). The van der Waals surface area contributed by atoms with Crippen molar-refractivity contribution in [2.45, 2.75) is 40.0 Å². The molecule has 0 bridgehead atoms. The normalized spacial score (nSPS) is 13.2. The van der Waals surface area contributed by atoms with E-state index in [0.29, 0.717) is 6.42 Å². The summed E-state index contributed by atoms with van der Waals surface area (Å²) in [4.78, 5) is 10.4. The third-order valence-corrected chi connectivity index (χ3v) is 1.90. The molecule has 0 unspecified atom stereocenters. The number of hydrogen-bond acceptors (Lipinski definition) is 1. The Hall–Kier alpha value is -0.850. The minimum absolute atomic E-state index is 0.557. The van der Waals surface area contributed by atoms with Gasteiger partial charge in [-0.05, 0) is 30.9 Å². The van der Waals surface area contributed by atoms with Crippen molar-refractivity contribution in [3.05, 3.63) is 23.3 Å². The lowest BCUT2D eigenvalue weighted by Crippen LogP contribution is -1.90. The molecular weight excluding hydrogens is 148 g/mol. The fraction of sp³-hybridized carbons (Fsp3) is 0.545. The number of aldehydes is 1. The van der Waals surface area contributed by atoms with Crippen LogP contribution in [0.1, 0.15) is 40.0 Å². The molecule has 0 radical (unpaired) electrons. The van der Waals surface area contributed by atoms with E-state index in [-0.39, 0.29) is 0 Å². The first-order chi connectivity index (χ1) is 5.79. The third-order valence-electron chi connectivity index (χ3n) is 1.90. The second-order valence-electron chi connectivity index (χ2n) is 2.68. The topological polar surface area (TPSA) is 17.1 Å². The highest BCUT2D eigenvalue weighted by atomic mass is 16.1. The van der Waals surface area contributed by atoms with E-state index in [2.05, 4.69) is 26.0 Å². The van der Waals surface area contributed by atoms with Crippen LogP contribution < -0.4 is 0 Å². The van der Waals surface area contributed by atoms with Gasteiger partial charge in [-0.25, -0.2) is 0 Å². The van der Waals surface area contributed by atoms with E-state index in [4.69, 9.17) is 0 Å². The lowest BCUT2D eigenvalue weighted by atomic mass is 10.00. The maximum Gasteiger partial charge on any atom is 0.124 e. The zero-order chi connectivity index (χ0) is 9.40. The molecule has 1 heteroatoms. The summed E-state index contributed by atoms with van der Waals surface area (Å²) >= 11 is 0. The van der Waals surface area contributed by atoms with Crippen LogP contribution in [0, 0.1) is 0 Å². The van der Waals surface area contributed by atoms with E-state index in [1.165, 1.54) is 11.1 Å². The van der Waals surface area contributed by atoms with Gasteiger partial charge in [0.15, 0.2) is 0 Å². The summed E-state index contributed by atoms with van der Waals surface area (Å²) < 4.78 is 0. The molecule has 0 aliphatic heterocycles. The maximum absolute atomic E-state index is 10.4. The van der Waals surface area contributed by atoms with Crippen molar-refractivity contribution in [1.29, 1.82) is 0 Å². The van der Waals surface area contributed by atoms with Crippen LogP contribution in [0.5, 0.6) is 0 Å². The Bertz CT molecular complexity index is 187. The summed E-state index contributed by atoms with van der Waals surface area (Å²) in [5, 5.41) is 0. The van der Waals surface area contributed by atoms with Crippen LogP contribution in [0.2, 0.25) is 0 Å². The third kappa shape index (κ3) is 3.51. The van der Waals surface area contributed by atoms with Crippen LogP contribution in [0.15, 0.2) is 23.3 Å². The second kappa shape index (κ2) is 6.84. The average molecular weight is 166 g/mol. The Labute approximate surface area is 75.2 Å². The summed E-state index contributed by atoms with van der Waals surface area (Å²) in [5.74, 6) is 0. The van der Waals surface area contributed by atoms with Crippen molar-refractivity contribution in [2.24, 2.45) is 0 Å². The van der Waals surface area contributed by atoms with Gasteiger partial charge in [-0.1, -0.05) is 26.0 Å². The van der Waals surface area contributed by atoms with Gasteiger partial charge in [0.1, 0.15) is 6.29 Å². The predicted octanol–water partition coefficient (Wildman–Crippen LogP) is 3.27. The highest BCUT2D eigenvalue weighted by Crippen LogP contribution is 2.16. The molecule has 0 saturated heterocycles. The number of carbonyl (C=O) groups is 1. The Morgan fingerprint density at radius 2 is 1.92 bits per heavy atom. The molecule has 0 aromatic carbocycles. The van der Waals surface area contributed by atoms with Crippen molar-refractivity contribution >= 4 is 6.29 Å². The Morgan fingerprint density at radius 1 is 1.25 bits per heavy atom. The number of rotatable bonds is 5. The predicted molar refractivity (Wildman–Crippen MR) is 53.1 cm³/mol. The Balaban J connectivity index is 4.48. The van der Waals surface area contributed by atoms with Crippen molar-refractivity contribution < 1.29 is 4.79 Å². The second-order valence-corrected chi connectivity index (χ2v) is 2.68. The molecule has 12 heavy (non-hydrogen) atoms. The molecule has 0 aromatic rings. The molecule has 0 aliphatic carbocycles. The summed E-state index contributed by atoms with van der Waals surface area (Å²) in [6.45, 7) is 6.23. The summed E-state index contributed by atoms with van der Waals surface area (Å²) in [6.07, 6.45) is 7.76. The van der Waals surface area contributed by atoms with E-state index < -0.39 is 0 Å². The van der Waals surface area contributed by atoms with Crippen LogP contribution in [0.4, 0.5) is 0 Å². The van der Waals surface area contributed by atoms with E-state index in [9.17, 15) is 4.79 Å². The standard InChI is InChI=1S/C11H18O/c1-4-7-11(8-9-12)10(5-2)6-3/h5,7,9H,4,6,8H2,1-3H3/b10-5-,11-7-. The fourth-order valence-electron chi connectivity index (χ4n) is 1.30. The van der Waals surface area contributed by atoms with Gasteiger partial charge in [0.05, 0.1) is 0 Å². The Kier molecular flexibility index (Phi) is 6.35. The molecular formula is C11H18O. The van der Waals surface area contributed by atoms with Crippen molar-refractivity contribution in [3.63, 3.8) is 0 Å². The molecule has 0 saturated carbocycles. The lowest BCUT2D eigenvalue weighted by Gasteiger charge is -2.05. The monoisotopic (exact) mass is 166 g/mol. The zero-order valence-corrected chi connectivity index (χ0v) is 8.26. The molecule has 68 valence electrons. The summed E-state index contributed by atoms with van der Waals surface area (Å²) in [5.41, 5.74) is 2.49. The van der Waals surface area contributed by atoms with Crippen LogP contribution >= 0.6 is 0 Å². The number of hydrogen-bond donors (Lipinski definition) is 0. The van der Waals surface area contributed by atoms with Gasteiger partial charge in [-0.15, -0.1) is 0 Å². The SMILES string of the molecule is C/C=C(CC)\C(=C/CC)CC=O. The molecule has 0 heterocycles. The van der Waals surface area contributed by atoms with Crippen molar-refractivity contribution in [1.82, 2.24) is 0 Å². The molecule has 0 amide bonds. The highest BCUT2D eigenvalue weighted by Gasteiger charge is 1.99. The number of allylic oxidation sites excluding steroid dienone is 4. The van der Waals surface area contributed by atoms with Crippen LogP contribution in [-0.2, 0) is 4.79 Å². The molecule has 0 N–H and O–H groups in total. The molecule has 0 atom stereocenters. The van der Waals surface area contributed by atoms with Gasteiger partial charge < -0.3 is 4.79 Å². The van der Waals surface area contributed by atoms with Crippen molar-refractivity contribution in [3.8, 4) is 0 Å². The minimum Gasteiger partial charge on any atom is -0.303 e. The van der Waals surface area contributed by atoms with Gasteiger partial charge >= 0.3 is 0 Å². The summed E-state index contributed by atoms with van der Waals surface area (Å²) in [6, 6.07) is 0. The quantitative estimate of drug-likeness (QED) is 0.452. The number of carbonyl (C=O) groups excluding carboxylic acids is 1. The maximum atomic E-state index is 10.4. The van der Waals surface area contributed by atoms with E-state index in [0.717, 1.165) is 19.1 Å². The van der Waals surface area contributed by atoms with E-state index in [1.807, 2.05) is 6.92 Å². The lowest BCUT2D eigenvalue weighted by molar-refractivity contribution is -0.107. The largest absolute Gasteiger partial charge is 0.303 e. The molecule has 0 fully saturated rings. The molecule has 0 spiro atoms. The first-order valence-corrected chi connectivity index (χ1v) is 4.58. The minimum atomic E-state index is 0.557. The van der Waals surface area contributed by atoms with E-state index in [1.54, 1.807) is 0 Å². The van der Waals surface area contributed by atoms with E-state index >= 15 is 0 Å². The van der Waals surface area contributed by atoms with Crippen LogP contribution in [0.25, 0.3) is 0 Å². The van der Waals surface area contributed by atoms with Gasteiger partial charge in [0.25, 0.3) is 0 Å². The zero-order valence-electron chi connectivity index (χ0n) is 8.26. The molecule has 0 aliphatic rings. The first kappa shape index (κ1) is 11.2. The highest BCUT2D eigenvalue weighted by molar-refractivity contribution is 5.57. The first-order valence-electron chi connectivity index (χ1n) is 4.58. The van der Waals surface area contributed by atoms with Crippen LogP contribution in [-0.4, -0.2) is 6.29 Å². The average Bonchev–Trinajstić information content (AvgIpc) is 2.07. The fourth-order valence-corrected chi connectivity index (χ4v) is 1.30. The van der Waals surface area contributed by atoms with Crippen LogP contribution in [0.3, 0.4) is 0 Å². The molecule has 1 nitrogen and oxygen atoms in total. The van der Waals surface area contributed by atoms with Gasteiger partial charge in [0, 0.05) is 6.42 Å². The van der Waals surface area contributed by atoms with Gasteiger partial charge in [0.2, 0.25) is 0 Å². The van der Waals surface area contributed by atoms with Gasteiger partial charge in [-0.3, -0.25) is 0 Å². The molecule has 0 aromatic heterocycles. The smallest absolute Gasteiger partial charge is 0.124 e. The van der Waals surface area contributed by atoms with Gasteiger partial charge in [-0.2, -0.15) is 0 Å². The Morgan fingerprint density at radius 3 is 2.25 bits per heavy atom. The van der Waals surface area contributed by atoms with Crippen molar-refractivity contribution in [2.75, 3.05) is 0 Å².